The van der Waals surface area contributed by atoms with Gasteiger partial charge in [0.2, 0.25) is 0 Å². The largest absolute Gasteiger partial charge is 0.385 e. The molecule has 0 radical (unpaired) electrons. The smallest absolute Gasteiger partial charge is 0.279 e. The van der Waals surface area contributed by atoms with Gasteiger partial charge in [-0.3, -0.25) is 0 Å². The molecular formula is C12H29N3O3S. The second-order valence-electron chi connectivity index (χ2n) is 4.48. The van der Waals surface area contributed by atoms with Crippen molar-refractivity contribution in [2.24, 2.45) is 0 Å². The van der Waals surface area contributed by atoms with Gasteiger partial charge in [-0.05, 0) is 38.8 Å². The van der Waals surface area contributed by atoms with E-state index in [1.165, 1.54) is 4.31 Å². The molecule has 0 bridgehead atoms. The molecule has 0 heterocycles. The highest BCUT2D eigenvalue weighted by molar-refractivity contribution is 7.87. The molecule has 7 heteroatoms. The lowest BCUT2D eigenvalue weighted by Crippen LogP contribution is -2.39. The van der Waals surface area contributed by atoms with Gasteiger partial charge in [0.05, 0.1) is 0 Å². The Morgan fingerprint density at radius 1 is 1.11 bits per heavy atom. The van der Waals surface area contributed by atoms with Gasteiger partial charge in [-0.1, -0.05) is 6.92 Å². The van der Waals surface area contributed by atoms with Crippen LogP contribution in [-0.2, 0) is 14.9 Å². The molecule has 0 amide bonds. The Kier molecular flexibility index (Phi) is 11.5. The summed E-state index contributed by atoms with van der Waals surface area (Å²) in [4.78, 5) is 0. The fraction of sp³-hybridized carbons (Fsp3) is 1.00. The lowest BCUT2D eigenvalue weighted by atomic mass is 10.2. The second kappa shape index (κ2) is 11.6. The summed E-state index contributed by atoms with van der Waals surface area (Å²) < 4.78 is 32.6. The number of nitrogens with one attached hydrogen (secondary N) is 2. The highest BCUT2D eigenvalue weighted by Crippen LogP contribution is 1.98. The highest BCUT2D eigenvalue weighted by atomic mass is 32.2. The van der Waals surface area contributed by atoms with Crippen LogP contribution in [-0.4, -0.2) is 59.7 Å². The number of hydrogen-bond acceptors (Lipinski definition) is 4. The lowest BCUT2D eigenvalue weighted by molar-refractivity contribution is 0.192. The van der Waals surface area contributed by atoms with Crippen LogP contribution in [0.1, 0.15) is 32.6 Å². The molecule has 0 aliphatic carbocycles. The van der Waals surface area contributed by atoms with Gasteiger partial charge >= 0.3 is 0 Å². The van der Waals surface area contributed by atoms with Crippen molar-refractivity contribution in [2.75, 3.05) is 46.9 Å². The normalized spacial score (nSPS) is 12.2. The van der Waals surface area contributed by atoms with Crippen LogP contribution < -0.4 is 10.0 Å². The zero-order valence-electron chi connectivity index (χ0n) is 12.4. The number of unbranched alkanes of at least 4 members (excludes halogenated alkanes) is 2. The Morgan fingerprint density at radius 2 is 1.84 bits per heavy atom. The molecular weight excluding hydrogens is 266 g/mol. The van der Waals surface area contributed by atoms with Crippen LogP contribution in [0.2, 0.25) is 0 Å². The molecule has 0 saturated heterocycles. The van der Waals surface area contributed by atoms with E-state index < -0.39 is 10.2 Å². The second-order valence-corrected chi connectivity index (χ2v) is 6.34. The van der Waals surface area contributed by atoms with Gasteiger partial charge < -0.3 is 10.1 Å². The van der Waals surface area contributed by atoms with Crippen molar-refractivity contribution < 1.29 is 13.2 Å². The van der Waals surface area contributed by atoms with Crippen molar-refractivity contribution in [3.8, 4) is 0 Å². The predicted molar refractivity (Wildman–Crippen MR) is 78.4 cm³/mol. The number of nitrogens with zero attached hydrogens (tertiary/aromatic N) is 1. The van der Waals surface area contributed by atoms with Crippen molar-refractivity contribution in [2.45, 2.75) is 32.6 Å². The summed E-state index contributed by atoms with van der Waals surface area (Å²) in [5.41, 5.74) is 0. The molecule has 0 aromatic heterocycles. The van der Waals surface area contributed by atoms with Crippen LogP contribution in [0.3, 0.4) is 0 Å². The topological polar surface area (TPSA) is 70.7 Å². The first-order valence-corrected chi connectivity index (χ1v) is 8.39. The van der Waals surface area contributed by atoms with Crippen LogP contribution in [0.15, 0.2) is 0 Å². The molecule has 0 atom stereocenters. The zero-order valence-corrected chi connectivity index (χ0v) is 13.3. The number of ether oxygens (including phenoxy) is 1. The highest BCUT2D eigenvalue weighted by Gasteiger charge is 2.15. The van der Waals surface area contributed by atoms with Gasteiger partial charge in [0.15, 0.2) is 0 Å². The monoisotopic (exact) mass is 295 g/mol. The Bertz CT molecular complexity index is 297. The first-order valence-electron chi connectivity index (χ1n) is 6.95. The summed E-state index contributed by atoms with van der Waals surface area (Å²) in [5.74, 6) is 0. The summed E-state index contributed by atoms with van der Waals surface area (Å²) in [6.45, 7) is 5.54. The maximum Gasteiger partial charge on any atom is 0.279 e. The fourth-order valence-corrected chi connectivity index (χ4v) is 2.58. The van der Waals surface area contributed by atoms with Crippen molar-refractivity contribution in [3.05, 3.63) is 0 Å². The number of hydrogen-bond donors (Lipinski definition) is 2. The van der Waals surface area contributed by atoms with E-state index in [1.54, 1.807) is 14.2 Å². The lowest BCUT2D eigenvalue weighted by Gasteiger charge is -2.17. The van der Waals surface area contributed by atoms with Crippen LogP contribution in [0, 0.1) is 0 Å². The average molecular weight is 295 g/mol. The molecule has 0 fully saturated rings. The summed E-state index contributed by atoms with van der Waals surface area (Å²) >= 11 is 0. The predicted octanol–water partition coefficient (Wildman–Crippen LogP) is 0.569. The third-order valence-electron chi connectivity index (χ3n) is 2.80. The molecule has 0 aromatic rings. The molecule has 19 heavy (non-hydrogen) atoms. The van der Waals surface area contributed by atoms with Crippen LogP contribution >= 0.6 is 0 Å². The Balaban J connectivity index is 3.71. The van der Waals surface area contributed by atoms with Crippen molar-refractivity contribution in [1.29, 1.82) is 0 Å². The molecule has 0 rings (SSSR count). The molecule has 116 valence electrons. The minimum absolute atomic E-state index is 0.490. The third-order valence-corrected chi connectivity index (χ3v) is 4.37. The van der Waals surface area contributed by atoms with Crippen molar-refractivity contribution >= 4 is 10.2 Å². The van der Waals surface area contributed by atoms with E-state index in [9.17, 15) is 8.42 Å². The van der Waals surface area contributed by atoms with Gasteiger partial charge in [-0.2, -0.15) is 12.7 Å². The average Bonchev–Trinajstić information content (AvgIpc) is 2.38. The molecule has 0 aromatic carbocycles. The summed E-state index contributed by atoms with van der Waals surface area (Å²) in [7, 11) is -0.0339. The number of rotatable bonds is 13. The zero-order chi connectivity index (χ0) is 14.6. The summed E-state index contributed by atoms with van der Waals surface area (Å²) in [6, 6.07) is 0. The van der Waals surface area contributed by atoms with Gasteiger partial charge in [-0.25, -0.2) is 4.72 Å². The van der Waals surface area contributed by atoms with E-state index in [2.05, 4.69) is 10.0 Å². The molecule has 0 unspecified atom stereocenters. The quantitative estimate of drug-likeness (QED) is 0.487. The van der Waals surface area contributed by atoms with Gasteiger partial charge in [0.25, 0.3) is 10.2 Å². The van der Waals surface area contributed by atoms with E-state index in [0.717, 1.165) is 45.4 Å². The molecule has 0 spiro atoms. The van der Waals surface area contributed by atoms with Crippen molar-refractivity contribution in [3.63, 3.8) is 0 Å². The van der Waals surface area contributed by atoms with E-state index in [4.69, 9.17) is 4.74 Å². The Morgan fingerprint density at radius 3 is 2.47 bits per heavy atom. The summed E-state index contributed by atoms with van der Waals surface area (Å²) in [6.07, 6.45) is 3.60. The fourth-order valence-electron chi connectivity index (χ4n) is 1.58. The molecule has 2 N–H and O–H groups in total. The SMILES string of the molecule is CCNCCCN(C)S(=O)(=O)NCCCCCOC. The maximum absolute atomic E-state index is 11.9. The van der Waals surface area contributed by atoms with E-state index in [-0.39, 0.29) is 0 Å². The van der Waals surface area contributed by atoms with Crippen LogP contribution in [0.4, 0.5) is 0 Å². The van der Waals surface area contributed by atoms with Gasteiger partial charge in [-0.15, -0.1) is 0 Å². The molecule has 0 aliphatic rings. The van der Waals surface area contributed by atoms with Crippen LogP contribution in [0.25, 0.3) is 0 Å². The number of methoxy groups -OCH3 is 1. The maximum atomic E-state index is 11.9. The van der Waals surface area contributed by atoms with E-state index in [1.807, 2.05) is 6.92 Å². The van der Waals surface area contributed by atoms with Crippen molar-refractivity contribution in [1.82, 2.24) is 14.3 Å². The Labute approximate surface area is 118 Å². The first kappa shape index (κ1) is 18.8. The van der Waals surface area contributed by atoms with Gasteiger partial charge in [0.1, 0.15) is 0 Å². The molecule has 6 nitrogen and oxygen atoms in total. The standard InChI is InChI=1S/C12H29N3O3S/c1-4-13-9-8-11-15(2)19(16,17)14-10-6-5-7-12-18-3/h13-14H,4-12H2,1-3H3. The van der Waals surface area contributed by atoms with E-state index >= 15 is 0 Å². The first-order chi connectivity index (χ1) is 9.04. The Hall–Kier alpha value is -0.210. The summed E-state index contributed by atoms with van der Waals surface area (Å²) in [5, 5.41) is 3.17. The molecule has 0 aliphatic heterocycles. The van der Waals surface area contributed by atoms with Crippen LogP contribution in [0.5, 0.6) is 0 Å². The van der Waals surface area contributed by atoms with Gasteiger partial charge in [0, 0.05) is 33.9 Å². The molecule has 0 saturated carbocycles. The minimum atomic E-state index is -3.32. The minimum Gasteiger partial charge on any atom is -0.385 e. The van der Waals surface area contributed by atoms with E-state index in [0.29, 0.717) is 13.1 Å². The third kappa shape index (κ3) is 10.3.